The van der Waals surface area contributed by atoms with Crippen LogP contribution in [0, 0.1) is 0 Å². The average Bonchev–Trinajstić information content (AvgIpc) is 3.12. The molecule has 0 bridgehead atoms. The van der Waals surface area contributed by atoms with Crippen molar-refractivity contribution in [3.63, 3.8) is 0 Å². The van der Waals surface area contributed by atoms with Gasteiger partial charge < -0.3 is 14.9 Å². The van der Waals surface area contributed by atoms with Crippen LogP contribution in [0.4, 0.5) is 0 Å². The Bertz CT molecular complexity index is 661. The molecular formula is C13H21N5O2S. The summed E-state index contributed by atoms with van der Waals surface area (Å²) in [6, 6.07) is 1.71. The lowest BCUT2D eigenvalue weighted by Gasteiger charge is -2.05. The summed E-state index contributed by atoms with van der Waals surface area (Å²) in [6.45, 7) is 6.43. The van der Waals surface area contributed by atoms with Crippen molar-refractivity contribution in [2.45, 2.75) is 38.4 Å². The molecule has 0 amide bonds. The van der Waals surface area contributed by atoms with Crippen LogP contribution in [-0.4, -0.2) is 29.5 Å². The van der Waals surface area contributed by atoms with E-state index >= 15 is 0 Å². The average molecular weight is 311 g/mol. The Labute approximate surface area is 124 Å². The molecule has 2 aromatic heterocycles. The third kappa shape index (κ3) is 3.93. The molecule has 0 aliphatic heterocycles. The summed E-state index contributed by atoms with van der Waals surface area (Å²) in [7, 11) is -3.52. The zero-order chi connectivity index (χ0) is 15.3. The predicted octanol–water partition coefficient (Wildman–Crippen LogP) is 0.819. The SMILES string of the molecule is CCNCc1cc(S(=O)(=O)NCc2cnc[nH]2)cn1CC. The van der Waals surface area contributed by atoms with E-state index in [2.05, 4.69) is 20.0 Å². The van der Waals surface area contributed by atoms with Crippen LogP contribution in [-0.2, 0) is 29.7 Å². The van der Waals surface area contributed by atoms with E-state index < -0.39 is 10.0 Å². The number of hydrogen-bond donors (Lipinski definition) is 3. The highest BCUT2D eigenvalue weighted by molar-refractivity contribution is 7.89. The summed E-state index contributed by atoms with van der Waals surface area (Å²) in [5.41, 5.74) is 1.68. The highest BCUT2D eigenvalue weighted by atomic mass is 32.2. The van der Waals surface area contributed by atoms with Gasteiger partial charge in [-0.3, -0.25) is 0 Å². The van der Waals surface area contributed by atoms with E-state index in [9.17, 15) is 8.42 Å². The maximum Gasteiger partial charge on any atom is 0.242 e. The lowest BCUT2D eigenvalue weighted by atomic mass is 10.4. The molecule has 3 N–H and O–H groups in total. The molecule has 7 nitrogen and oxygen atoms in total. The van der Waals surface area contributed by atoms with Crippen LogP contribution in [0.2, 0.25) is 0 Å². The predicted molar refractivity (Wildman–Crippen MR) is 80.1 cm³/mol. The fourth-order valence-electron chi connectivity index (χ4n) is 2.01. The Balaban J connectivity index is 2.13. The van der Waals surface area contributed by atoms with Crippen LogP contribution in [0.5, 0.6) is 0 Å². The van der Waals surface area contributed by atoms with Crippen molar-refractivity contribution in [1.82, 2.24) is 24.6 Å². The van der Waals surface area contributed by atoms with Gasteiger partial charge in [0.2, 0.25) is 10.0 Å². The first kappa shape index (κ1) is 15.7. The number of aryl methyl sites for hydroxylation is 1. The molecule has 0 spiro atoms. The molecule has 0 atom stereocenters. The summed E-state index contributed by atoms with van der Waals surface area (Å²) in [5.74, 6) is 0. The Hall–Kier alpha value is -1.64. The topological polar surface area (TPSA) is 91.8 Å². The van der Waals surface area contributed by atoms with Crippen molar-refractivity contribution in [2.75, 3.05) is 6.54 Å². The molecule has 0 aromatic carbocycles. The Morgan fingerprint density at radius 2 is 2.14 bits per heavy atom. The number of nitrogens with one attached hydrogen (secondary N) is 3. The zero-order valence-corrected chi connectivity index (χ0v) is 13.1. The lowest BCUT2D eigenvalue weighted by Crippen LogP contribution is -2.23. The van der Waals surface area contributed by atoms with Crippen molar-refractivity contribution in [2.24, 2.45) is 0 Å². The molecule has 0 fully saturated rings. The van der Waals surface area contributed by atoms with E-state index in [0.29, 0.717) is 6.54 Å². The third-order valence-electron chi connectivity index (χ3n) is 3.18. The van der Waals surface area contributed by atoms with Crippen LogP contribution in [0.25, 0.3) is 0 Å². The van der Waals surface area contributed by atoms with E-state index in [1.165, 1.54) is 6.33 Å². The molecule has 2 heterocycles. The Morgan fingerprint density at radius 1 is 1.33 bits per heavy atom. The van der Waals surface area contributed by atoms with Gasteiger partial charge in [0.1, 0.15) is 0 Å². The van der Waals surface area contributed by atoms with Crippen LogP contribution in [0.1, 0.15) is 25.2 Å². The van der Waals surface area contributed by atoms with Crippen molar-refractivity contribution in [3.05, 3.63) is 36.2 Å². The molecule has 0 unspecified atom stereocenters. The van der Waals surface area contributed by atoms with Gasteiger partial charge in [0.15, 0.2) is 0 Å². The van der Waals surface area contributed by atoms with Crippen molar-refractivity contribution >= 4 is 10.0 Å². The summed E-state index contributed by atoms with van der Waals surface area (Å²) in [5, 5.41) is 3.21. The first-order valence-electron chi connectivity index (χ1n) is 6.93. The summed E-state index contributed by atoms with van der Waals surface area (Å²) < 4.78 is 29.1. The molecule has 8 heteroatoms. The molecule has 0 radical (unpaired) electrons. The standard InChI is InChI=1S/C13H21N5O2S/c1-3-14-8-12-5-13(9-18(12)4-2)21(19,20)17-7-11-6-15-10-16-11/h5-6,9-10,14,17H,3-4,7-8H2,1-2H3,(H,15,16). The number of aromatic amines is 1. The molecule has 2 rings (SSSR count). The van der Waals surface area contributed by atoms with Gasteiger partial charge >= 0.3 is 0 Å². The van der Waals surface area contributed by atoms with E-state index in [1.807, 2.05) is 18.4 Å². The molecule has 0 saturated heterocycles. The van der Waals surface area contributed by atoms with Gasteiger partial charge in [-0.25, -0.2) is 18.1 Å². The van der Waals surface area contributed by atoms with Gasteiger partial charge in [-0.1, -0.05) is 6.92 Å². The van der Waals surface area contributed by atoms with Gasteiger partial charge in [-0.2, -0.15) is 0 Å². The van der Waals surface area contributed by atoms with Crippen molar-refractivity contribution in [3.8, 4) is 0 Å². The van der Waals surface area contributed by atoms with Crippen molar-refractivity contribution in [1.29, 1.82) is 0 Å². The van der Waals surface area contributed by atoms with E-state index in [4.69, 9.17) is 0 Å². The molecule has 21 heavy (non-hydrogen) atoms. The smallest absolute Gasteiger partial charge is 0.242 e. The Kier molecular flexibility index (Phi) is 5.16. The second kappa shape index (κ2) is 6.88. The minimum Gasteiger partial charge on any atom is -0.349 e. The van der Waals surface area contributed by atoms with Gasteiger partial charge in [-0.05, 0) is 19.5 Å². The van der Waals surface area contributed by atoms with Gasteiger partial charge in [0.05, 0.1) is 17.8 Å². The van der Waals surface area contributed by atoms with Crippen LogP contribution >= 0.6 is 0 Å². The molecule has 116 valence electrons. The zero-order valence-electron chi connectivity index (χ0n) is 12.3. The summed E-state index contributed by atoms with van der Waals surface area (Å²) in [4.78, 5) is 7.01. The summed E-state index contributed by atoms with van der Waals surface area (Å²) >= 11 is 0. The number of aromatic nitrogens is 3. The first-order chi connectivity index (χ1) is 10.1. The van der Waals surface area contributed by atoms with Gasteiger partial charge in [-0.15, -0.1) is 0 Å². The van der Waals surface area contributed by atoms with Crippen LogP contribution in [0.3, 0.4) is 0 Å². The summed E-state index contributed by atoms with van der Waals surface area (Å²) in [6.07, 6.45) is 4.78. The highest BCUT2D eigenvalue weighted by Crippen LogP contribution is 2.15. The maximum absolute atomic E-state index is 12.3. The normalized spacial score (nSPS) is 11.9. The number of nitrogens with zero attached hydrogens (tertiary/aromatic N) is 2. The molecule has 2 aromatic rings. The van der Waals surface area contributed by atoms with Crippen LogP contribution in [0.15, 0.2) is 29.7 Å². The van der Waals surface area contributed by atoms with E-state index in [-0.39, 0.29) is 11.4 Å². The van der Waals surface area contributed by atoms with E-state index in [1.54, 1.807) is 18.5 Å². The minimum atomic E-state index is -3.52. The van der Waals surface area contributed by atoms with Crippen molar-refractivity contribution < 1.29 is 8.42 Å². The van der Waals surface area contributed by atoms with E-state index in [0.717, 1.165) is 24.5 Å². The number of hydrogen-bond acceptors (Lipinski definition) is 4. The van der Waals surface area contributed by atoms with Crippen LogP contribution < -0.4 is 10.0 Å². The lowest BCUT2D eigenvalue weighted by molar-refractivity contribution is 0.580. The second-order valence-corrected chi connectivity index (χ2v) is 6.40. The third-order valence-corrected chi connectivity index (χ3v) is 4.54. The monoisotopic (exact) mass is 311 g/mol. The number of rotatable bonds is 8. The largest absolute Gasteiger partial charge is 0.349 e. The molecular weight excluding hydrogens is 290 g/mol. The molecule has 0 saturated carbocycles. The number of sulfonamides is 1. The minimum absolute atomic E-state index is 0.197. The number of imidazole rings is 1. The first-order valence-corrected chi connectivity index (χ1v) is 8.41. The Morgan fingerprint density at radius 3 is 2.76 bits per heavy atom. The maximum atomic E-state index is 12.3. The second-order valence-electron chi connectivity index (χ2n) is 4.63. The highest BCUT2D eigenvalue weighted by Gasteiger charge is 2.18. The fourth-order valence-corrected chi connectivity index (χ4v) is 3.07. The van der Waals surface area contributed by atoms with Gasteiger partial charge in [0.25, 0.3) is 0 Å². The quantitative estimate of drug-likeness (QED) is 0.673. The van der Waals surface area contributed by atoms with Gasteiger partial charge in [0, 0.05) is 36.9 Å². The fraction of sp³-hybridized carbons (Fsp3) is 0.462. The molecule has 0 aliphatic rings. The molecule has 0 aliphatic carbocycles. The number of H-pyrrole nitrogens is 1.